The summed E-state index contributed by atoms with van der Waals surface area (Å²) in [6.45, 7) is 2.56. The zero-order valence-electron chi connectivity index (χ0n) is 16.1. The minimum Gasteiger partial charge on any atom is -0.497 e. The monoisotopic (exact) mass is 393 g/mol. The van der Waals surface area contributed by atoms with Crippen LogP contribution in [0.5, 0.6) is 11.5 Å². The SMILES string of the molecule is CCNC(=NCc1cc(F)ccc1F)NCC(O)c1cc(OC)cc(OC)c1. The molecule has 0 saturated carbocycles. The van der Waals surface area contributed by atoms with Gasteiger partial charge in [0.05, 0.1) is 26.9 Å². The molecule has 0 aromatic heterocycles. The van der Waals surface area contributed by atoms with Crippen LogP contribution >= 0.6 is 0 Å². The molecule has 0 aliphatic heterocycles. The smallest absolute Gasteiger partial charge is 0.191 e. The lowest BCUT2D eigenvalue weighted by Crippen LogP contribution is -2.39. The van der Waals surface area contributed by atoms with Crippen molar-refractivity contribution in [2.24, 2.45) is 4.99 Å². The molecule has 8 heteroatoms. The van der Waals surface area contributed by atoms with E-state index < -0.39 is 17.7 Å². The fourth-order valence-electron chi connectivity index (χ4n) is 2.50. The third-order valence-electron chi connectivity index (χ3n) is 3.98. The Morgan fingerprint density at radius 1 is 1.07 bits per heavy atom. The maximum atomic E-state index is 13.7. The molecule has 6 nitrogen and oxygen atoms in total. The van der Waals surface area contributed by atoms with Gasteiger partial charge in [-0.15, -0.1) is 0 Å². The van der Waals surface area contributed by atoms with Crippen LogP contribution in [0.15, 0.2) is 41.4 Å². The van der Waals surface area contributed by atoms with Crippen LogP contribution in [0.2, 0.25) is 0 Å². The van der Waals surface area contributed by atoms with Gasteiger partial charge in [0.2, 0.25) is 0 Å². The number of halogens is 2. The van der Waals surface area contributed by atoms with Gasteiger partial charge >= 0.3 is 0 Å². The molecule has 2 aromatic rings. The van der Waals surface area contributed by atoms with Crippen molar-refractivity contribution in [3.63, 3.8) is 0 Å². The van der Waals surface area contributed by atoms with Crippen LogP contribution in [0.3, 0.4) is 0 Å². The van der Waals surface area contributed by atoms with Crippen LogP contribution in [-0.2, 0) is 6.54 Å². The number of aliphatic hydroxyl groups excluding tert-OH is 1. The first-order valence-corrected chi connectivity index (χ1v) is 8.84. The Balaban J connectivity index is 2.07. The molecule has 28 heavy (non-hydrogen) atoms. The lowest BCUT2D eigenvalue weighted by Gasteiger charge is -2.17. The van der Waals surface area contributed by atoms with E-state index in [9.17, 15) is 13.9 Å². The number of rotatable bonds is 8. The van der Waals surface area contributed by atoms with E-state index in [1.54, 1.807) is 18.2 Å². The molecule has 0 aliphatic rings. The summed E-state index contributed by atoms with van der Waals surface area (Å²) in [5.41, 5.74) is 0.756. The first-order valence-electron chi connectivity index (χ1n) is 8.84. The number of guanidine groups is 1. The summed E-state index contributed by atoms with van der Waals surface area (Å²) in [5, 5.41) is 16.5. The Morgan fingerprint density at radius 2 is 1.75 bits per heavy atom. The van der Waals surface area contributed by atoms with Crippen molar-refractivity contribution in [1.29, 1.82) is 0 Å². The Morgan fingerprint density at radius 3 is 2.36 bits per heavy atom. The topological polar surface area (TPSA) is 75.1 Å². The minimum atomic E-state index is -0.862. The number of nitrogens with zero attached hydrogens (tertiary/aromatic N) is 1. The van der Waals surface area contributed by atoms with Crippen LogP contribution in [0.25, 0.3) is 0 Å². The maximum absolute atomic E-state index is 13.7. The highest BCUT2D eigenvalue weighted by Crippen LogP contribution is 2.26. The molecule has 0 bridgehead atoms. The van der Waals surface area contributed by atoms with Gasteiger partial charge in [0.15, 0.2) is 5.96 Å². The first-order chi connectivity index (χ1) is 13.5. The van der Waals surface area contributed by atoms with Gasteiger partial charge in [-0.3, -0.25) is 0 Å². The van der Waals surface area contributed by atoms with Crippen molar-refractivity contribution in [2.45, 2.75) is 19.6 Å². The van der Waals surface area contributed by atoms with Crippen LogP contribution in [0.1, 0.15) is 24.2 Å². The number of aliphatic imine (C=N–C) groups is 1. The third kappa shape index (κ3) is 6.09. The average molecular weight is 393 g/mol. The Bertz CT molecular complexity index is 793. The Kier molecular flexibility index (Phi) is 8.01. The molecule has 0 spiro atoms. The lowest BCUT2D eigenvalue weighted by molar-refractivity contribution is 0.180. The molecule has 1 unspecified atom stereocenters. The summed E-state index contributed by atoms with van der Waals surface area (Å²) in [4.78, 5) is 4.25. The number of aliphatic hydroxyl groups is 1. The number of benzene rings is 2. The van der Waals surface area contributed by atoms with E-state index in [4.69, 9.17) is 9.47 Å². The maximum Gasteiger partial charge on any atom is 0.191 e. The van der Waals surface area contributed by atoms with Crippen molar-refractivity contribution in [2.75, 3.05) is 27.3 Å². The molecule has 2 rings (SSSR count). The predicted molar refractivity (Wildman–Crippen MR) is 104 cm³/mol. The molecule has 0 saturated heterocycles. The zero-order valence-corrected chi connectivity index (χ0v) is 16.1. The Hall–Kier alpha value is -2.87. The number of ether oxygens (including phenoxy) is 2. The summed E-state index contributed by atoms with van der Waals surface area (Å²) < 4.78 is 37.4. The standard InChI is InChI=1S/C20H25F2N3O3/c1-4-23-20(24-11-14-7-15(21)5-6-18(14)22)25-12-19(26)13-8-16(27-2)10-17(9-13)28-3/h5-10,19,26H,4,11-12H2,1-3H3,(H2,23,24,25). The van der Waals surface area contributed by atoms with E-state index in [2.05, 4.69) is 15.6 Å². The van der Waals surface area contributed by atoms with Gasteiger partial charge < -0.3 is 25.2 Å². The van der Waals surface area contributed by atoms with E-state index in [1.807, 2.05) is 6.92 Å². The van der Waals surface area contributed by atoms with Gasteiger partial charge in [-0.25, -0.2) is 13.8 Å². The number of methoxy groups -OCH3 is 2. The first kappa shape index (κ1) is 21.4. The summed E-state index contributed by atoms with van der Waals surface area (Å²) in [6, 6.07) is 8.37. The molecule has 1 atom stereocenters. The second-order valence-corrected chi connectivity index (χ2v) is 5.97. The van der Waals surface area contributed by atoms with Gasteiger partial charge in [-0.05, 0) is 42.8 Å². The highest BCUT2D eigenvalue weighted by molar-refractivity contribution is 5.79. The van der Waals surface area contributed by atoms with Gasteiger partial charge in [-0.1, -0.05) is 0 Å². The normalized spacial score (nSPS) is 12.4. The largest absolute Gasteiger partial charge is 0.497 e. The highest BCUT2D eigenvalue weighted by Gasteiger charge is 2.12. The molecular formula is C20H25F2N3O3. The van der Waals surface area contributed by atoms with Crippen molar-refractivity contribution < 1.29 is 23.4 Å². The van der Waals surface area contributed by atoms with Gasteiger partial charge in [0, 0.05) is 24.7 Å². The van der Waals surface area contributed by atoms with Crippen molar-refractivity contribution in [3.05, 3.63) is 59.2 Å². The third-order valence-corrected chi connectivity index (χ3v) is 3.98. The van der Waals surface area contributed by atoms with Crippen LogP contribution in [0, 0.1) is 11.6 Å². The van der Waals surface area contributed by atoms with E-state index in [0.717, 1.165) is 18.2 Å². The molecule has 2 aromatic carbocycles. The fraction of sp³-hybridized carbons (Fsp3) is 0.350. The van der Waals surface area contributed by atoms with Crippen molar-refractivity contribution in [1.82, 2.24) is 10.6 Å². The molecule has 3 N–H and O–H groups in total. The fourth-order valence-corrected chi connectivity index (χ4v) is 2.50. The molecular weight excluding hydrogens is 368 g/mol. The molecule has 0 aliphatic carbocycles. The summed E-state index contributed by atoms with van der Waals surface area (Å²) >= 11 is 0. The van der Waals surface area contributed by atoms with Crippen LogP contribution in [0.4, 0.5) is 8.78 Å². The molecule has 0 heterocycles. The molecule has 0 amide bonds. The summed E-state index contributed by atoms with van der Waals surface area (Å²) in [5.74, 6) is 0.461. The zero-order chi connectivity index (χ0) is 20.5. The number of hydrogen-bond acceptors (Lipinski definition) is 4. The van der Waals surface area contributed by atoms with Gasteiger partial charge in [0.25, 0.3) is 0 Å². The molecule has 152 valence electrons. The lowest BCUT2D eigenvalue weighted by atomic mass is 10.1. The quantitative estimate of drug-likeness (QED) is 0.475. The highest BCUT2D eigenvalue weighted by atomic mass is 19.1. The van der Waals surface area contributed by atoms with Gasteiger partial charge in [-0.2, -0.15) is 0 Å². The van der Waals surface area contributed by atoms with Crippen LogP contribution < -0.4 is 20.1 Å². The minimum absolute atomic E-state index is 0.0397. The molecule has 0 fully saturated rings. The van der Waals surface area contributed by atoms with Gasteiger partial charge in [0.1, 0.15) is 23.1 Å². The number of nitrogens with one attached hydrogen (secondary N) is 2. The predicted octanol–water partition coefficient (Wildman–Crippen LogP) is 2.77. The van der Waals surface area contributed by atoms with E-state index in [-0.39, 0.29) is 18.7 Å². The van der Waals surface area contributed by atoms with Crippen molar-refractivity contribution in [3.8, 4) is 11.5 Å². The summed E-state index contributed by atoms with van der Waals surface area (Å²) in [6.07, 6.45) is -0.862. The second kappa shape index (κ2) is 10.5. The molecule has 0 radical (unpaired) electrons. The number of hydrogen-bond donors (Lipinski definition) is 3. The second-order valence-electron chi connectivity index (χ2n) is 5.97. The van der Waals surface area contributed by atoms with Crippen LogP contribution in [-0.4, -0.2) is 38.4 Å². The van der Waals surface area contributed by atoms with E-state index in [1.165, 1.54) is 14.2 Å². The Labute approximate surface area is 163 Å². The van der Waals surface area contributed by atoms with E-state index in [0.29, 0.717) is 29.6 Å². The van der Waals surface area contributed by atoms with Crippen molar-refractivity contribution >= 4 is 5.96 Å². The summed E-state index contributed by atoms with van der Waals surface area (Å²) in [7, 11) is 3.06. The average Bonchev–Trinajstić information content (AvgIpc) is 2.71. The van der Waals surface area contributed by atoms with E-state index >= 15 is 0 Å².